The van der Waals surface area contributed by atoms with E-state index in [-0.39, 0.29) is 0 Å². The van der Waals surface area contributed by atoms with Crippen molar-refractivity contribution in [1.29, 1.82) is 0 Å². The quantitative estimate of drug-likeness (QED) is 0.381. The van der Waals surface area contributed by atoms with E-state index in [1.165, 1.54) is 32.0 Å². The second kappa shape index (κ2) is 6.50. The Hall–Kier alpha value is -1.42. The third-order valence-corrected chi connectivity index (χ3v) is 3.49. The van der Waals surface area contributed by atoms with Crippen LogP contribution >= 0.6 is 11.6 Å². The van der Waals surface area contributed by atoms with Crippen LogP contribution < -0.4 is 10.2 Å². The van der Waals surface area contributed by atoms with Crippen molar-refractivity contribution in [2.75, 3.05) is 23.3 Å². The first-order valence-electron chi connectivity index (χ1n) is 6.28. The second-order valence-corrected chi connectivity index (χ2v) is 4.86. The van der Waals surface area contributed by atoms with Crippen LogP contribution in [0.3, 0.4) is 0 Å². The maximum absolute atomic E-state index is 8.35. The van der Waals surface area contributed by atoms with Gasteiger partial charge in [0.15, 0.2) is 0 Å². The highest BCUT2D eigenvalue weighted by Crippen LogP contribution is 2.30. The lowest BCUT2D eigenvalue weighted by Crippen LogP contribution is -2.24. The van der Waals surface area contributed by atoms with Gasteiger partial charge in [0.25, 0.3) is 0 Å². The fourth-order valence-electron chi connectivity index (χ4n) is 2.27. The van der Waals surface area contributed by atoms with Gasteiger partial charge in [-0.05, 0) is 31.0 Å². The van der Waals surface area contributed by atoms with E-state index in [9.17, 15) is 0 Å². The average Bonchev–Trinajstić information content (AvgIpc) is 2.65. The molecule has 2 N–H and O–H groups in total. The van der Waals surface area contributed by atoms with E-state index in [0.717, 1.165) is 29.5 Å². The van der Waals surface area contributed by atoms with Crippen LogP contribution in [0.4, 0.5) is 11.4 Å². The fourth-order valence-corrected chi connectivity index (χ4v) is 2.57. The summed E-state index contributed by atoms with van der Waals surface area (Å²) in [4.78, 5) is 2.35. The Morgan fingerprint density at radius 1 is 1.22 bits per heavy atom. The minimum atomic E-state index is 0.730. The van der Waals surface area contributed by atoms with Crippen LogP contribution in [0.1, 0.15) is 25.7 Å². The summed E-state index contributed by atoms with van der Waals surface area (Å²) in [6.07, 6.45) is 6.29. The van der Waals surface area contributed by atoms with E-state index in [1.807, 2.05) is 18.2 Å². The molecule has 0 spiro atoms. The number of halogens is 1. The standard InChI is InChI=1S/C13H18ClN3O/c14-12-9-11(15-10-16-18)5-6-13(12)17-7-3-1-2-4-8-17/h5-6,9-10,18H,1-4,7-8H2,(H,15,16). The average molecular weight is 268 g/mol. The van der Waals surface area contributed by atoms with E-state index in [4.69, 9.17) is 16.8 Å². The zero-order valence-corrected chi connectivity index (χ0v) is 11.0. The molecule has 0 saturated carbocycles. The third-order valence-electron chi connectivity index (χ3n) is 3.18. The van der Waals surface area contributed by atoms with Crippen molar-refractivity contribution in [1.82, 2.24) is 0 Å². The highest BCUT2D eigenvalue weighted by molar-refractivity contribution is 6.33. The molecule has 4 nitrogen and oxygen atoms in total. The highest BCUT2D eigenvalue weighted by Gasteiger charge is 2.12. The number of oxime groups is 1. The fraction of sp³-hybridized carbons (Fsp3) is 0.462. The Kier molecular flexibility index (Phi) is 4.70. The Labute approximate surface area is 112 Å². The summed E-state index contributed by atoms with van der Waals surface area (Å²) in [5, 5.41) is 14.8. The molecule has 0 aromatic heterocycles. The number of benzene rings is 1. The lowest BCUT2D eigenvalue weighted by molar-refractivity contribution is 0.321. The van der Waals surface area contributed by atoms with Crippen LogP contribution in [0.2, 0.25) is 5.02 Å². The number of hydrogen-bond acceptors (Lipinski definition) is 3. The molecule has 0 atom stereocenters. The Bertz CT molecular complexity index is 415. The molecule has 1 aliphatic heterocycles. The SMILES string of the molecule is O/N=C/Nc1ccc(N2CCCCCC2)c(Cl)c1. The second-order valence-electron chi connectivity index (χ2n) is 4.46. The first-order chi connectivity index (χ1) is 8.81. The molecule has 1 aliphatic rings. The predicted octanol–water partition coefficient (Wildman–Crippen LogP) is 3.55. The summed E-state index contributed by atoms with van der Waals surface area (Å²) in [7, 11) is 0. The molecule has 0 amide bonds. The van der Waals surface area contributed by atoms with E-state index < -0.39 is 0 Å². The smallest absolute Gasteiger partial charge is 0.132 e. The number of nitrogens with one attached hydrogen (secondary N) is 1. The minimum absolute atomic E-state index is 0.730. The number of rotatable bonds is 3. The summed E-state index contributed by atoms with van der Waals surface area (Å²) < 4.78 is 0. The molecule has 2 rings (SSSR count). The third kappa shape index (κ3) is 3.29. The molecular formula is C13H18ClN3O. The molecule has 0 unspecified atom stereocenters. The van der Waals surface area contributed by atoms with Crippen molar-refractivity contribution >= 4 is 29.3 Å². The summed E-state index contributed by atoms with van der Waals surface area (Å²) >= 11 is 6.31. The van der Waals surface area contributed by atoms with Gasteiger partial charge in [0.2, 0.25) is 0 Å². The first-order valence-corrected chi connectivity index (χ1v) is 6.66. The molecule has 18 heavy (non-hydrogen) atoms. The van der Waals surface area contributed by atoms with Crippen LogP contribution in [0, 0.1) is 0 Å². The van der Waals surface area contributed by atoms with E-state index >= 15 is 0 Å². The van der Waals surface area contributed by atoms with Crippen LogP contribution in [-0.4, -0.2) is 24.6 Å². The van der Waals surface area contributed by atoms with Gasteiger partial charge in [-0.3, -0.25) is 0 Å². The van der Waals surface area contributed by atoms with Gasteiger partial charge in [-0.25, -0.2) is 0 Å². The predicted molar refractivity (Wildman–Crippen MR) is 76.0 cm³/mol. The Balaban J connectivity index is 2.12. The van der Waals surface area contributed by atoms with Gasteiger partial charge in [-0.15, -0.1) is 0 Å². The summed E-state index contributed by atoms with van der Waals surface area (Å²) in [5.41, 5.74) is 1.90. The normalized spacial score (nSPS) is 16.8. The zero-order valence-electron chi connectivity index (χ0n) is 10.3. The van der Waals surface area contributed by atoms with Gasteiger partial charge in [0.1, 0.15) is 6.34 Å². The molecular weight excluding hydrogens is 250 g/mol. The molecule has 0 aliphatic carbocycles. The highest BCUT2D eigenvalue weighted by atomic mass is 35.5. The number of nitrogens with zero attached hydrogens (tertiary/aromatic N) is 2. The van der Waals surface area contributed by atoms with Crippen molar-refractivity contribution in [2.24, 2.45) is 5.16 Å². The van der Waals surface area contributed by atoms with Gasteiger partial charge in [-0.1, -0.05) is 29.6 Å². The van der Waals surface area contributed by atoms with Crippen molar-refractivity contribution in [2.45, 2.75) is 25.7 Å². The van der Waals surface area contributed by atoms with E-state index in [2.05, 4.69) is 15.4 Å². The molecule has 1 fully saturated rings. The molecule has 98 valence electrons. The molecule has 5 heteroatoms. The van der Waals surface area contributed by atoms with Gasteiger partial charge < -0.3 is 15.4 Å². The molecule has 0 radical (unpaired) electrons. The molecule has 1 heterocycles. The number of hydrogen-bond donors (Lipinski definition) is 2. The molecule has 1 aromatic carbocycles. The zero-order chi connectivity index (χ0) is 12.8. The van der Waals surface area contributed by atoms with Gasteiger partial charge in [0.05, 0.1) is 10.7 Å². The summed E-state index contributed by atoms with van der Waals surface area (Å²) in [6, 6.07) is 5.80. The van der Waals surface area contributed by atoms with Crippen LogP contribution in [0.15, 0.2) is 23.4 Å². The van der Waals surface area contributed by atoms with Gasteiger partial charge in [0, 0.05) is 18.8 Å². The molecule has 1 saturated heterocycles. The van der Waals surface area contributed by atoms with Crippen molar-refractivity contribution in [3.63, 3.8) is 0 Å². The molecule has 0 bridgehead atoms. The largest absolute Gasteiger partial charge is 0.410 e. The van der Waals surface area contributed by atoms with E-state index in [1.54, 1.807) is 0 Å². The lowest BCUT2D eigenvalue weighted by atomic mass is 10.2. The van der Waals surface area contributed by atoms with Crippen LogP contribution in [-0.2, 0) is 0 Å². The van der Waals surface area contributed by atoms with Crippen LogP contribution in [0.25, 0.3) is 0 Å². The number of anilines is 2. The maximum Gasteiger partial charge on any atom is 0.132 e. The maximum atomic E-state index is 8.35. The monoisotopic (exact) mass is 267 g/mol. The molecule has 1 aromatic rings. The van der Waals surface area contributed by atoms with E-state index in [0.29, 0.717) is 0 Å². The summed E-state index contributed by atoms with van der Waals surface area (Å²) in [6.45, 7) is 2.15. The first kappa shape index (κ1) is 13.0. The van der Waals surface area contributed by atoms with Gasteiger partial charge in [-0.2, -0.15) is 0 Å². The topological polar surface area (TPSA) is 47.9 Å². The van der Waals surface area contributed by atoms with Crippen molar-refractivity contribution < 1.29 is 5.21 Å². The Morgan fingerprint density at radius 3 is 2.56 bits per heavy atom. The van der Waals surface area contributed by atoms with Crippen molar-refractivity contribution in [3.8, 4) is 0 Å². The minimum Gasteiger partial charge on any atom is -0.410 e. The lowest BCUT2D eigenvalue weighted by Gasteiger charge is -2.24. The van der Waals surface area contributed by atoms with Gasteiger partial charge >= 0.3 is 0 Å². The summed E-state index contributed by atoms with van der Waals surface area (Å²) in [5.74, 6) is 0. The van der Waals surface area contributed by atoms with Crippen LogP contribution in [0.5, 0.6) is 0 Å². The van der Waals surface area contributed by atoms with Crippen molar-refractivity contribution in [3.05, 3.63) is 23.2 Å². The Morgan fingerprint density at radius 2 is 1.94 bits per heavy atom.